The standard InChI is InChI=1S/C22H20F3N3O2/c1-15(20-8-7-19(13-28-20)30-14-22(23,24)25)11-18(29)12-16-3-5-17(6-4-16)21-26-9-2-10-27-21/h2-10,13,15H,11-12,14H2,1H3/t15-/m0/s1. The van der Waals surface area contributed by atoms with E-state index in [9.17, 15) is 18.0 Å². The number of carbonyl (C=O) groups is 1. The van der Waals surface area contributed by atoms with Gasteiger partial charge in [-0.25, -0.2) is 9.97 Å². The third-order valence-corrected chi connectivity index (χ3v) is 4.38. The van der Waals surface area contributed by atoms with Crippen molar-refractivity contribution in [3.8, 4) is 17.1 Å². The van der Waals surface area contributed by atoms with E-state index in [0.29, 0.717) is 11.5 Å². The molecule has 0 bridgehead atoms. The second kappa shape index (κ2) is 9.47. The molecule has 2 heterocycles. The molecule has 1 atom stereocenters. The van der Waals surface area contributed by atoms with Crippen LogP contribution in [-0.4, -0.2) is 33.5 Å². The molecule has 0 spiro atoms. The van der Waals surface area contributed by atoms with E-state index in [1.54, 1.807) is 24.5 Å². The molecule has 0 unspecified atom stereocenters. The number of pyridine rings is 1. The summed E-state index contributed by atoms with van der Waals surface area (Å²) in [4.78, 5) is 24.9. The summed E-state index contributed by atoms with van der Waals surface area (Å²) in [5.74, 6) is 0.548. The zero-order chi connectivity index (χ0) is 21.6. The second-order valence-electron chi connectivity index (χ2n) is 6.91. The van der Waals surface area contributed by atoms with Gasteiger partial charge in [-0.2, -0.15) is 13.2 Å². The van der Waals surface area contributed by atoms with E-state index >= 15 is 0 Å². The smallest absolute Gasteiger partial charge is 0.422 e. The van der Waals surface area contributed by atoms with Crippen molar-refractivity contribution in [1.82, 2.24) is 15.0 Å². The Hall–Kier alpha value is -3.29. The molecule has 0 aliphatic carbocycles. The first-order chi connectivity index (χ1) is 14.3. The van der Waals surface area contributed by atoms with Crippen molar-refractivity contribution in [2.75, 3.05) is 6.61 Å². The predicted molar refractivity (Wildman–Crippen MR) is 105 cm³/mol. The Morgan fingerprint density at radius 1 is 1.03 bits per heavy atom. The molecule has 2 aromatic heterocycles. The number of carbonyl (C=O) groups excluding carboxylic acids is 1. The Balaban J connectivity index is 1.53. The zero-order valence-corrected chi connectivity index (χ0v) is 16.3. The number of benzene rings is 1. The second-order valence-corrected chi connectivity index (χ2v) is 6.91. The van der Waals surface area contributed by atoms with Crippen molar-refractivity contribution in [2.24, 2.45) is 0 Å². The first kappa shape index (κ1) is 21.4. The van der Waals surface area contributed by atoms with Crippen molar-refractivity contribution in [2.45, 2.75) is 31.9 Å². The molecular formula is C22H20F3N3O2. The normalized spacial score (nSPS) is 12.4. The van der Waals surface area contributed by atoms with Gasteiger partial charge in [0.2, 0.25) is 0 Å². The largest absolute Gasteiger partial charge is 0.483 e. The van der Waals surface area contributed by atoms with E-state index in [1.165, 1.54) is 12.3 Å². The third-order valence-electron chi connectivity index (χ3n) is 4.38. The zero-order valence-electron chi connectivity index (χ0n) is 16.3. The van der Waals surface area contributed by atoms with Gasteiger partial charge in [0.1, 0.15) is 11.5 Å². The van der Waals surface area contributed by atoms with Crippen LogP contribution < -0.4 is 4.74 Å². The number of ether oxygens (including phenoxy) is 1. The van der Waals surface area contributed by atoms with Gasteiger partial charge in [-0.1, -0.05) is 31.2 Å². The van der Waals surface area contributed by atoms with Crippen LogP contribution in [0.5, 0.6) is 5.75 Å². The summed E-state index contributed by atoms with van der Waals surface area (Å²) in [6, 6.07) is 12.3. The maximum Gasteiger partial charge on any atom is 0.422 e. The summed E-state index contributed by atoms with van der Waals surface area (Å²) in [6.07, 6.45) is 0.748. The molecule has 0 amide bonds. The minimum Gasteiger partial charge on any atom is -0.483 e. The lowest BCUT2D eigenvalue weighted by atomic mass is 9.96. The van der Waals surface area contributed by atoms with Crippen LogP contribution in [0, 0.1) is 0 Å². The minimum absolute atomic E-state index is 0.0390. The summed E-state index contributed by atoms with van der Waals surface area (Å²) < 4.78 is 41.2. The van der Waals surface area contributed by atoms with Gasteiger partial charge in [0.05, 0.1) is 6.20 Å². The monoisotopic (exact) mass is 415 g/mol. The summed E-state index contributed by atoms with van der Waals surface area (Å²) in [6.45, 7) is 0.490. The van der Waals surface area contributed by atoms with Crippen LogP contribution in [0.25, 0.3) is 11.4 Å². The van der Waals surface area contributed by atoms with Crippen LogP contribution in [0.1, 0.15) is 30.5 Å². The molecule has 1 aromatic carbocycles. The van der Waals surface area contributed by atoms with Gasteiger partial charge in [-0.3, -0.25) is 9.78 Å². The van der Waals surface area contributed by atoms with Crippen LogP contribution >= 0.6 is 0 Å². The lowest BCUT2D eigenvalue weighted by molar-refractivity contribution is -0.153. The fourth-order valence-electron chi connectivity index (χ4n) is 2.90. The number of Topliss-reactive ketones (excluding diaryl/α,β-unsaturated/α-hetero) is 1. The van der Waals surface area contributed by atoms with Crippen molar-refractivity contribution in [3.63, 3.8) is 0 Å². The molecule has 3 rings (SSSR count). The number of halogens is 3. The number of hydrogen-bond acceptors (Lipinski definition) is 5. The van der Waals surface area contributed by atoms with Crippen molar-refractivity contribution < 1.29 is 22.7 Å². The number of hydrogen-bond donors (Lipinski definition) is 0. The van der Waals surface area contributed by atoms with E-state index in [2.05, 4.69) is 19.7 Å². The van der Waals surface area contributed by atoms with Gasteiger partial charge in [-0.15, -0.1) is 0 Å². The highest BCUT2D eigenvalue weighted by Crippen LogP contribution is 2.22. The maximum absolute atomic E-state index is 12.4. The van der Waals surface area contributed by atoms with E-state index in [-0.39, 0.29) is 30.3 Å². The number of ketones is 1. The molecule has 0 fully saturated rings. The van der Waals surface area contributed by atoms with Gasteiger partial charge >= 0.3 is 6.18 Å². The first-order valence-electron chi connectivity index (χ1n) is 9.34. The third kappa shape index (κ3) is 6.37. The molecule has 0 N–H and O–H groups in total. The SMILES string of the molecule is C[C@@H](CC(=O)Cc1ccc(-c2ncccn2)cc1)c1ccc(OCC(F)(F)F)cn1. The molecule has 0 aliphatic heterocycles. The molecule has 3 aromatic rings. The van der Waals surface area contributed by atoms with Crippen molar-refractivity contribution >= 4 is 5.78 Å². The summed E-state index contributed by atoms with van der Waals surface area (Å²) in [7, 11) is 0. The highest BCUT2D eigenvalue weighted by molar-refractivity contribution is 5.81. The maximum atomic E-state index is 12.4. The van der Waals surface area contributed by atoms with Gasteiger partial charge < -0.3 is 4.74 Å². The molecule has 156 valence electrons. The Labute approximate surface area is 172 Å². The minimum atomic E-state index is -4.40. The van der Waals surface area contributed by atoms with E-state index in [4.69, 9.17) is 0 Å². The number of alkyl halides is 3. The Kier molecular flexibility index (Phi) is 6.76. The molecule has 8 heteroatoms. The Morgan fingerprint density at radius 3 is 2.33 bits per heavy atom. The predicted octanol–water partition coefficient (Wildman–Crippen LogP) is 4.79. The molecule has 30 heavy (non-hydrogen) atoms. The lowest BCUT2D eigenvalue weighted by Crippen LogP contribution is -2.19. The van der Waals surface area contributed by atoms with Crippen LogP contribution in [0.4, 0.5) is 13.2 Å². The Bertz CT molecular complexity index is 960. The van der Waals surface area contributed by atoms with Crippen LogP contribution in [0.15, 0.2) is 61.1 Å². The van der Waals surface area contributed by atoms with E-state index < -0.39 is 12.8 Å². The number of nitrogens with zero attached hydrogens (tertiary/aromatic N) is 3. The number of rotatable bonds is 8. The Morgan fingerprint density at radius 2 is 1.73 bits per heavy atom. The number of aromatic nitrogens is 3. The lowest BCUT2D eigenvalue weighted by Gasteiger charge is -2.12. The van der Waals surface area contributed by atoms with Gasteiger partial charge in [0.25, 0.3) is 0 Å². The molecule has 0 aliphatic rings. The van der Waals surface area contributed by atoms with Crippen molar-refractivity contribution in [1.29, 1.82) is 0 Å². The fraction of sp³-hybridized carbons (Fsp3) is 0.273. The quantitative estimate of drug-likeness (QED) is 0.530. The summed E-state index contributed by atoms with van der Waals surface area (Å²) in [5.41, 5.74) is 2.38. The fourth-order valence-corrected chi connectivity index (χ4v) is 2.90. The van der Waals surface area contributed by atoms with Gasteiger partial charge in [0.15, 0.2) is 12.4 Å². The summed E-state index contributed by atoms with van der Waals surface area (Å²) >= 11 is 0. The average Bonchev–Trinajstić information content (AvgIpc) is 2.73. The molecule has 0 radical (unpaired) electrons. The highest BCUT2D eigenvalue weighted by Gasteiger charge is 2.28. The molecular weight excluding hydrogens is 395 g/mol. The van der Waals surface area contributed by atoms with Crippen LogP contribution in [0.2, 0.25) is 0 Å². The van der Waals surface area contributed by atoms with Gasteiger partial charge in [0, 0.05) is 42.4 Å². The van der Waals surface area contributed by atoms with Gasteiger partial charge in [-0.05, 0) is 23.8 Å². The molecule has 5 nitrogen and oxygen atoms in total. The molecule has 0 saturated heterocycles. The van der Waals surface area contributed by atoms with Crippen LogP contribution in [-0.2, 0) is 11.2 Å². The highest BCUT2D eigenvalue weighted by atomic mass is 19.4. The first-order valence-corrected chi connectivity index (χ1v) is 9.34. The topological polar surface area (TPSA) is 65.0 Å². The summed E-state index contributed by atoms with van der Waals surface area (Å²) in [5, 5.41) is 0. The molecule has 0 saturated carbocycles. The van der Waals surface area contributed by atoms with Crippen molar-refractivity contribution in [3.05, 3.63) is 72.3 Å². The van der Waals surface area contributed by atoms with E-state index in [0.717, 1.165) is 11.1 Å². The van der Waals surface area contributed by atoms with Crippen LogP contribution in [0.3, 0.4) is 0 Å². The average molecular weight is 415 g/mol. The van der Waals surface area contributed by atoms with E-state index in [1.807, 2.05) is 31.2 Å².